The predicted octanol–water partition coefficient (Wildman–Crippen LogP) is 4.03. The molecular weight excluding hydrogens is 220 g/mol. The molecule has 2 unspecified atom stereocenters. The Labute approximate surface area is 109 Å². The monoisotopic (exact) mass is 240 g/mol. The van der Waals surface area contributed by atoms with Crippen LogP contribution in [0.3, 0.4) is 0 Å². The summed E-state index contributed by atoms with van der Waals surface area (Å²) >= 11 is 0. The van der Waals surface area contributed by atoms with E-state index in [1.165, 1.54) is 43.2 Å². The highest BCUT2D eigenvalue weighted by atomic mass is 16.3. The predicted molar refractivity (Wildman–Crippen MR) is 72.5 cm³/mol. The molecule has 0 spiro atoms. The van der Waals surface area contributed by atoms with E-state index in [4.69, 9.17) is 0 Å². The Balaban J connectivity index is 1.82. The van der Waals surface area contributed by atoms with Crippen molar-refractivity contribution in [2.75, 3.05) is 0 Å². The summed E-state index contributed by atoms with van der Waals surface area (Å²) in [6.45, 7) is 4.46. The van der Waals surface area contributed by atoms with Gasteiger partial charge in [0.1, 0.15) is 5.75 Å². The Bertz CT molecular complexity index is 485. The highest BCUT2D eigenvalue weighted by molar-refractivity contribution is 5.42. The van der Waals surface area contributed by atoms with Gasteiger partial charge < -0.3 is 5.11 Å². The lowest BCUT2D eigenvalue weighted by atomic mass is 9.46. The fraction of sp³-hybridized carbons (Fsp3) is 0.529. The lowest BCUT2D eigenvalue weighted by Crippen LogP contribution is -2.50. The summed E-state index contributed by atoms with van der Waals surface area (Å²) in [6.07, 6.45) is 6.81. The number of phenolic OH excluding ortho intramolecular Hbond substituents is 1. The maximum atomic E-state index is 9.48. The van der Waals surface area contributed by atoms with Crippen LogP contribution in [0.4, 0.5) is 0 Å². The Morgan fingerprint density at radius 1 is 1.00 bits per heavy atom. The van der Waals surface area contributed by atoms with Gasteiger partial charge in [-0.05, 0) is 67.6 Å². The van der Waals surface area contributed by atoms with Crippen LogP contribution < -0.4 is 0 Å². The largest absolute Gasteiger partial charge is 0.508 e. The van der Waals surface area contributed by atoms with Gasteiger partial charge in [-0.15, -0.1) is 0 Å². The van der Waals surface area contributed by atoms with Gasteiger partial charge in [-0.1, -0.05) is 24.3 Å². The minimum absolute atomic E-state index is 0.239. The van der Waals surface area contributed by atoms with Crippen molar-refractivity contribution in [2.24, 2.45) is 17.8 Å². The first-order valence-corrected chi connectivity index (χ1v) is 7.16. The first-order chi connectivity index (χ1) is 8.67. The van der Waals surface area contributed by atoms with E-state index in [1.807, 2.05) is 12.1 Å². The zero-order valence-corrected chi connectivity index (χ0v) is 10.7. The molecule has 18 heavy (non-hydrogen) atoms. The third-order valence-electron chi connectivity index (χ3n) is 5.70. The molecule has 1 nitrogen and oxygen atoms in total. The molecule has 94 valence electrons. The van der Waals surface area contributed by atoms with Crippen LogP contribution in [-0.2, 0) is 5.41 Å². The molecule has 0 amide bonds. The number of aromatic hydroxyl groups is 1. The molecule has 0 heterocycles. The first kappa shape index (κ1) is 10.7. The molecule has 4 bridgehead atoms. The van der Waals surface area contributed by atoms with E-state index in [0.717, 1.165) is 17.8 Å². The normalized spacial score (nSPS) is 41.3. The summed E-state index contributed by atoms with van der Waals surface area (Å²) < 4.78 is 0. The number of rotatable bonds is 1. The quantitative estimate of drug-likeness (QED) is 0.735. The molecule has 0 radical (unpaired) electrons. The van der Waals surface area contributed by atoms with Crippen LogP contribution in [0.5, 0.6) is 5.75 Å². The van der Waals surface area contributed by atoms with Gasteiger partial charge in [0.15, 0.2) is 0 Å². The van der Waals surface area contributed by atoms with Crippen LogP contribution in [0.25, 0.3) is 0 Å². The number of allylic oxidation sites excluding steroid dienone is 1. The molecular formula is C17H20O. The molecule has 1 aromatic rings. The van der Waals surface area contributed by atoms with Crippen molar-refractivity contribution in [3.63, 3.8) is 0 Å². The molecule has 5 rings (SSSR count). The van der Waals surface area contributed by atoms with E-state index in [9.17, 15) is 5.11 Å². The lowest BCUT2D eigenvalue weighted by Gasteiger charge is -2.58. The topological polar surface area (TPSA) is 20.2 Å². The number of benzene rings is 1. The molecule has 0 aliphatic heterocycles. The second-order valence-corrected chi connectivity index (χ2v) is 6.70. The van der Waals surface area contributed by atoms with E-state index in [-0.39, 0.29) is 5.41 Å². The maximum absolute atomic E-state index is 9.48. The molecule has 4 fully saturated rings. The molecule has 4 aliphatic rings. The van der Waals surface area contributed by atoms with Crippen molar-refractivity contribution >= 4 is 0 Å². The highest BCUT2D eigenvalue weighted by Crippen LogP contribution is 2.62. The van der Waals surface area contributed by atoms with Crippen LogP contribution in [0.1, 0.15) is 37.7 Å². The third kappa shape index (κ3) is 1.28. The van der Waals surface area contributed by atoms with Crippen molar-refractivity contribution in [1.29, 1.82) is 0 Å². The Kier molecular flexibility index (Phi) is 2.02. The van der Waals surface area contributed by atoms with Crippen LogP contribution in [0, 0.1) is 17.8 Å². The van der Waals surface area contributed by atoms with Gasteiger partial charge in [-0.2, -0.15) is 0 Å². The average Bonchev–Trinajstić information content (AvgIpc) is 2.35. The van der Waals surface area contributed by atoms with Crippen molar-refractivity contribution < 1.29 is 5.11 Å². The van der Waals surface area contributed by atoms with Gasteiger partial charge >= 0.3 is 0 Å². The first-order valence-electron chi connectivity index (χ1n) is 7.16. The smallest absolute Gasteiger partial charge is 0.115 e. The second-order valence-electron chi connectivity index (χ2n) is 6.70. The van der Waals surface area contributed by atoms with Crippen LogP contribution in [-0.4, -0.2) is 5.11 Å². The second kappa shape index (κ2) is 3.40. The summed E-state index contributed by atoms with van der Waals surface area (Å²) in [5.74, 6) is 2.97. The summed E-state index contributed by atoms with van der Waals surface area (Å²) in [6, 6.07) is 7.91. The van der Waals surface area contributed by atoms with Crippen LogP contribution in [0.15, 0.2) is 36.4 Å². The fourth-order valence-electron chi connectivity index (χ4n) is 5.11. The summed E-state index contributed by atoms with van der Waals surface area (Å²) in [5.41, 5.74) is 3.12. The van der Waals surface area contributed by atoms with E-state index >= 15 is 0 Å². The van der Waals surface area contributed by atoms with Gasteiger partial charge in [0, 0.05) is 5.41 Å². The minimum atomic E-state index is 0.239. The molecule has 4 aliphatic carbocycles. The zero-order valence-electron chi connectivity index (χ0n) is 10.7. The SMILES string of the molecule is C=C1C2CC3CC(C2)CC1(c1ccc(O)cc1)C3. The van der Waals surface area contributed by atoms with Crippen molar-refractivity contribution in [1.82, 2.24) is 0 Å². The third-order valence-corrected chi connectivity index (χ3v) is 5.70. The molecule has 4 saturated carbocycles. The van der Waals surface area contributed by atoms with Gasteiger partial charge in [0.05, 0.1) is 0 Å². The van der Waals surface area contributed by atoms with Gasteiger partial charge in [-0.3, -0.25) is 0 Å². The molecule has 1 heteroatoms. The molecule has 0 saturated heterocycles. The van der Waals surface area contributed by atoms with Crippen molar-refractivity contribution in [3.8, 4) is 5.75 Å². The summed E-state index contributed by atoms with van der Waals surface area (Å²) in [4.78, 5) is 0. The molecule has 1 aromatic carbocycles. The molecule has 0 aromatic heterocycles. The number of phenols is 1. The van der Waals surface area contributed by atoms with E-state index in [2.05, 4.69) is 18.7 Å². The van der Waals surface area contributed by atoms with Crippen LogP contribution >= 0.6 is 0 Å². The lowest BCUT2D eigenvalue weighted by molar-refractivity contribution is 0.0472. The van der Waals surface area contributed by atoms with Crippen molar-refractivity contribution in [2.45, 2.75) is 37.5 Å². The van der Waals surface area contributed by atoms with E-state index in [1.54, 1.807) is 0 Å². The van der Waals surface area contributed by atoms with Gasteiger partial charge in [-0.25, -0.2) is 0 Å². The summed E-state index contributed by atoms with van der Waals surface area (Å²) in [7, 11) is 0. The highest BCUT2D eigenvalue weighted by Gasteiger charge is 2.53. The van der Waals surface area contributed by atoms with Gasteiger partial charge in [0.25, 0.3) is 0 Å². The number of hydrogen-bond acceptors (Lipinski definition) is 1. The van der Waals surface area contributed by atoms with E-state index < -0.39 is 0 Å². The molecule has 2 atom stereocenters. The standard InChI is InChI=1S/C17H20O/c1-11-14-7-12-6-13(8-14)10-17(11,9-12)15-2-4-16(18)5-3-15/h2-5,12-14,18H,1,6-10H2. The summed E-state index contributed by atoms with van der Waals surface area (Å²) in [5, 5.41) is 9.48. The number of hydrogen-bond donors (Lipinski definition) is 1. The Morgan fingerprint density at radius 2 is 1.61 bits per heavy atom. The minimum Gasteiger partial charge on any atom is -0.508 e. The Hall–Kier alpha value is -1.24. The maximum Gasteiger partial charge on any atom is 0.115 e. The van der Waals surface area contributed by atoms with Gasteiger partial charge in [0.2, 0.25) is 0 Å². The Morgan fingerprint density at radius 3 is 2.22 bits per heavy atom. The van der Waals surface area contributed by atoms with Crippen LogP contribution in [0.2, 0.25) is 0 Å². The average molecular weight is 240 g/mol. The fourth-order valence-corrected chi connectivity index (χ4v) is 5.11. The molecule has 1 N–H and O–H groups in total. The zero-order chi connectivity index (χ0) is 12.3. The van der Waals surface area contributed by atoms with E-state index in [0.29, 0.717) is 5.75 Å². The van der Waals surface area contributed by atoms with Crippen molar-refractivity contribution in [3.05, 3.63) is 42.0 Å².